The predicted octanol–water partition coefficient (Wildman–Crippen LogP) is 4.61. The predicted molar refractivity (Wildman–Crippen MR) is 127 cm³/mol. The minimum absolute atomic E-state index is 0.0240. The number of carbonyl (C=O) groups is 1. The minimum atomic E-state index is -2.90. The van der Waals surface area contributed by atoms with Crippen LogP contribution in [0.15, 0.2) is 48.5 Å². The standard InChI is InChI=1S/C26H35NO3S/c1-3-16-31(29,30)17-8-7-11-22-12-13-23-14-15-26(27-20(2)28)25(24(23)18-22)19-21-9-5-4-6-10-21/h4-6,9-10,12-13,18,25-26H,3,7-8,11,14-17,19H2,1-2H3,(H,27,28). The molecule has 0 bridgehead atoms. The molecule has 0 aliphatic heterocycles. The third kappa shape index (κ3) is 6.93. The molecule has 2 aromatic carbocycles. The van der Waals surface area contributed by atoms with Crippen molar-refractivity contribution in [3.05, 3.63) is 70.8 Å². The number of carbonyl (C=O) groups excluding carboxylic acids is 1. The molecule has 168 valence electrons. The van der Waals surface area contributed by atoms with Gasteiger partial charge >= 0.3 is 0 Å². The Bertz CT molecular complexity index is 969. The van der Waals surface area contributed by atoms with Crippen molar-refractivity contribution >= 4 is 15.7 Å². The smallest absolute Gasteiger partial charge is 0.217 e. The fourth-order valence-corrected chi connectivity index (χ4v) is 6.19. The zero-order chi connectivity index (χ0) is 22.3. The number of amides is 1. The summed E-state index contributed by atoms with van der Waals surface area (Å²) in [5.41, 5.74) is 5.25. The molecule has 1 aliphatic rings. The van der Waals surface area contributed by atoms with E-state index in [1.165, 1.54) is 22.3 Å². The van der Waals surface area contributed by atoms with Gasteiger partial charge in [-0.15, -0.1) is 0 Å². The van der Waals surface area contributed by atoms with Gasteiger partial charge in [0, 0.05) is 24.6 Å². The summed E-state index contributed by atoms with van der Waals surface area (Å²) < 4.78 is 23.9. The van der Waals surface area contributed by atoms with Gasteiger partial charge in [0.15, 0.2) is 0 Å². The van der Waals surface area contributed by atoms with Crippen molar-refractivity contribution in [1.82, 2.24) is 5.32 Å². The Hall–Kier alpha value is -2.14. The second-order valence-electron chi connectivity index (χ2n) is 8.78. The molecule has 1 N–H and O–H groups in total. The third-order valence-electron chi connectivity index (χ3n) is 6.19. The molecule has 5 heteroatoms. The second-order valence-corrected chi connectivity index (χ2v) is 11.1. The number of hydrogen-bond donors (Lipinski definition) is 1. The van der Waals surface area contributed by atoms with Gasteiger partial charge in [0.25, 0.3) is 0 Å². The van der Waals surface area contributed by atoms with E-state index in [-0.39, 0.29) is 29.4 Å². The SMILES string of the molecule is CCCS(=O)(=O)CCCCc1ccc2c(c1)C(Cc1ccccc1)C(NC(C)=O)CC2. The van der Waals surface area contributed by atoms with Gasteiger partial charge in [-0.25, -0.2) is 8.42 Å². The Morgan fingerprint density at radius 1 is 1.03 bits per heavy atom. The van der Waals surface area contributed by atoms with Crippen LogP contribution in [-0.4, -0.2) is 31.9 Å². The summed E-state index contributed by atoms with van der Waals surface area (Å²) in [5, 5.41) is 3.19. The van der Waals surface area contributed by atoms with Crippen molar-refractivity contribution in [3.8, 4) is 0 Å². The largest absolute Gasteiger partial charge is 0.353 e. The highest BCUT2D eigenvalue weighted by atomic mass is 32.2. The first-order valence-corrected chi connectivity index (χ1v) is 13.3. The van der Waals surface area contributed by atoms with Crippen LogP contribution in [0.4, 0.5) is 0 Å². The maximum absolute atomic E-state index is 11.9. The van der Waals surface area contributed by atoms with Crippen LogP contribution in [0.25, 0.3) is 0 Å². The van der Waals surface area contributed by atoms with E-state index in [0.717, 1.165) is 32.1 Å². The van der Waals surface area contributed by atoms with Crippen LogP contribution >= 0.6 is 0 Å². The van der Waals surface area contributed by atoms with Crippen LogP contribution in [-0.2, 0) is 33.9 Å². The quantitative estimate of drug-likeness (QED) is 0.548. The van der Waals surface area contributed by atoms with Crippen molar-refractivity contribution in [3.63, 3.8) is 0 Å². The Morgan fingerprint density at radius 2 is 1.81 bits per heavy atom. The summed E-state index contributed by atoms with van der Waals surface area (Å²) >= 11 is 0. The van der Waals surface area contributed by atoms with Crippen molar-refractivity contribution in [2.75, 3.05) is 11.5 Å². The zero-order valence-electron chi connectivity index (χ0n) is 18.8. The van der Waals surface area contributed by atoms with Gasteiger partial charge in [0.1, 0.15) is 9.84 Å². The first-order chi connectivity index (χ1) is 14.9. The number of hydrogen-bond acceptors (Lipinski definition) is 3. The highest BCUT2D eigenvalue weighted by molar-refractivity contribution is 7.91. The van der Waals surface area contributed by atoms with E-state index >= 15 is 0 Å². The molecule has 2 atom stereocenters. The lowest BCUT2D eigenvalue weighted by molar-refractivity contribution is -0.119. The Labute approximate surface area is 187 Å². The van der Waals surface area contributed by atoms with Gasteiger partial charge in [-0.1, -0.05) is 55.5 Å². The number of nitrogens with one attached hydrogen (secondary N) is 1. The van der Waals surface area contributed by atoms with Crippen LogP contribution < -0.4 is 5.32 Å². The maximum Gasteiger partial charge on any atom is 0.217 e. The second kappa shape index (κ2) is 10.9. The van der Waals surface area contributed by atoms with E-state index in [0.29, 0.717) is 12.8 Å². The molecule has 3 rings (SSSR count). The number of sulfone groups is 1. The van der Waals surface area contributed by atoms with Gasteiger partial charge in [0.2, 0.25) is 5.91 Å². The molecule has 0 heterocycles. The lowest BCUT2D eigenvalue weighted by Gasteiger charge is -2.34. The van der Waals surface area contributed by atoms with E-state index in [9.17, 15) is 13.2 Å². The number of unbranched alkanes of at least 4 members (excludes halogenated alkanes) is 1. The van der Waals surface area contributed by atoms with E-state index < -0.39 is 9.84 Å². The van der Waals surface area contributed by atoms with Crippen molar-refractivity contribution in [1.29, 1.82) is 0 Å². The van der Waals surface area contributed by atoms with Crippen LogP contribution in [0.1, 0.15) is 67.7 Å². The van der Waals surface area contributed by atoms with Crippen molar-refractivity contribution < 1.29 is 13.2 Å². The number of benzene rings is 2. The van der Waals surface area contributed by atoms with E-state index in [1.807, 2.05) is 13.0 Å². The van der Waals surface area contributed by atoms with Gasteiger partial charge in [-0.2, -0.15) is 0 Å². The van der Waals surface area contributed by atoms with Crippen molar-refractivity contribution in [2.24, 2.45) is 0 Å². The number of aryl methyl sites for hydroxylation is 2. The van der Waals surface area contributed by atoms with Gasteiger partial charge in [-0.3, -0.25) is 4.79 Å². The highest BCUT2D eigenvalue weighted by Gasteiger charge is 2.30. The van der Waals surface area contributed by atoms with Crippen LogP contribution in [0, 0.1) is 0 Å². The molecule has 2 aromatic rings. The molecular weight excluding hydrogens is 406 g/mol. The average molecular weight is 442 g/mol. The maximum atomic E-state index is 11.9. The average Bonchev–Trinajstić information content (AvgIpc) is 2.73. The van der Waals surface area contributed by atoms with Gasteiger partial charge < -0.3 is 5.32 Å². The molecule has 31 heavy (non-hydrogen) atoms. The third-order valence-corrected chi connectivity index (χ3v) is 8.13. The summed E-state index contributed by atoms with van der Waals surface area (Å²) in [6.07, 6.45) is 5.99. The topological polar surface area (TPSA) is 63.2 Å². The molecule has 0 saturated carbocycles. The molecule has 0 radical (unpaired) electrons. The summed E-state index contributed by atoms with van der Waals surface area (Å²) in [5.74, 6) is 0.848. The zero-order valence-corrected chi connectivity index (χ0v) is 19.6. The van der Waals surface area contributed by atoms with E-state index in [2.05, 4.69) is 47.8 Å². The molecule has 0 fully saturated rings. The lowest BCUT2D eigenvalue weighted by Crippen LogP contribution is -2.41. The normalized spacial score (nSPS) is 18.4. The van der Waals surface area contributed by atoms with Gasteiger partial charge in [-0.05, 0) is 67.2 Å². The molecular formula is C26H35NO3S. The number of rotatable bonds is 10. The molecule has 0 spiro atoms. The minimum Gasteiger partial charge on any atom is -0.353 e. The molecule has 0 aromatic heterocycles. The molecule has 4 nitrogen and oxygen atoms in total. The summed E-state index contributed by atoms with van der Waals surface area (Å²) in [6.45, 7) is 3.50. The fourth-order valence-electron chi connectivity index (χ4n) is 4.72. The number of fused-ring (bicyclic) bond motifs is 1. The van der Waals surface area contributed by atoms with Gasteiger partial charge in [0.05, 0.1) is 5.75 Å². The van der Waals surface area contributed by atoms with E-state index in [1.54, 1.807) is 6.92 Å². The first kappa shape index (κ1) is 23.5. The summed E-state index contributed by atoms with van der Waals surface area (Å²) in [6, 6.07) is 17.3. The van der Waals surface area contributed by atoms with Crippen LogP contribution in [0.3, 0.4) is 0 Å². The van der Waals surface area contributed by atoms with Crippen LogP contribution in [0.5, 0.6) is 0 Å². The Morgan fingerprint density at radius 3 is 2.52 bits per heavy atom. The van der Waals surface area contributed by atoms with E-state index in [4.69, 9.17) is 0 Å². The monoisotopic (exact) mass is 441 g/mol. The Kier molecular flexibility index (Phi) is 8.30. The molecule has 2 unspecified atom stereocenters. The van der Waals surface area contributed by atoms with Crippen molar-refractivity contribution in [2.45, 2.75) is 70.8 Å². The summed E-state index contributed by atoms with van der Waals surface area (Å²) in [7, 11) is -2.90. The first-order valence-electron chi connectivity index (χ1n) is 11.5. The lowest BCUT2D eigenvalue weighted by atomic mass is 9.75. The Balaban J connectivity index is 1.74. The fraction of sp³-hybridized carbons (Fsp3) is 0.500. The highest BCUT2D eigenvalue weighted by Crippen LogP contribution is 2.35. The molecule has 0 saturated heterocycles. The van der Waals surface area contributed by atoms with Crippen LogP contribution in [0.2, 0.25) is 0 Å². The summed E-state index contributed by atoms with van der Waals surface area (Å²) in [4.78, 5) is 11.8. The molecule has 1 aliphatic carbocycles. The molecule has 1 amide bonds.